The van der Waals surface area contributed by atoms with Crippen molar-refractivity contribution < 1.29 is 4.74 Å². The number of hydrogen-bond donors (Lipinski definition) is 1. The molecule has 0 fully saturated rings. The average Bonchev–Trinajstić information content (AvgIpc) is 2.31. The summed E-state index contributed by atoms with van der Waals surface area (Å²) in [5.41, 5.74) is 8.33. The van der Waals surface area contributed by atoms with Gasteiger partial charge in [0, 0.05) is 12.5 Å². The lowest BCUT2D eigenvalue weighted by molar-refractivity contribution is 0.321. The van der Waals surface area contributed by atoms with Crippen molar-refractivity contribution in [3.63, 3.8) is 0 Å². The summed E-state index contributed by atoms with van der Waals surface area (Å²) >= 11 is 0. The standard InChI is InChI=1S/C15H23NO/c1-4-14(16)11-13-5-7-15(8-6-13)17-10-9-12(2)3/h5-8,14H,2,4,9-11,16H2,1,3H3. The third kappa shape index (κ3) is 5.55. The summed E-state index contributed by atoms with van der Waals surface area (Å²) in [6.45, 7) is 8.67. The second-order valence-corrected chi connectivity index (χ2v) is 4.57. The van der Waals surface area contributed by atoms with Crippen molar-refractivity contribution in [2.75, 3.05) is 6.61 Å². The van der Waals surface area contributed by atoms with E-state index in [0.717, 1.165) is 30.6 Å². The predicted octanol–water partition coefficient (Wildman–Crippen LogP) is 3.31. The second-order valence-electron chi connectivity index (χ2n) is 4.57. The van der Waals surface area contributed by atoms with Crippen molar-refractivity contribution in [1.29, 1.82) is 0 Å². The summed E-state index contributed by atoms with van der Waals surface area (Å²) in [6.07, 6.45) is 2.85. The first-order chi connectivity index (χ1) is 8.11. The fourth-order valence-corrected chi connectivity index (χ4v) is 1.51. The third-order valence-electron chi connectivity index (χ3n) is 2.74. The molecule has 17 heavy (non-hydrogen) atoms. The molecule has 0 heterocycles. The first-order valence-electron chi connectivity index (χ1n) is 6.23. The molecule has 0 spiro atoms. The van der Waals surface area contributed by atoms with Crippen LogP contribution < -0.4 is 10.5 Å². The zero-order chi connectivity index (χ0) is 12.7. The van der Waals surface area contributed by atoms with Crippen molar-refractivity contribution >= 4 is 0 Å². The molecule has 0 aliphatic carbocycles. The average molecular weight is 233 g/mol. The second kappa shape index (κ2) is 7.13. The van der Waals surface area contributed by atoms with Crippen molar-refractivity contribution in [3.05, 3.63) is 42.0 Å². The van der Waals surface area contributed by atoms with Crippen molar-refractivity contribution in [2.45, 2.75) is 39.2 Å². The molecule has 1 unspecified atom stereocenters. The van der Waals surface area contributed by atoms with Crippen LogP contribution in [0.4, 0.5) is 0 Å². The first kappa shape index (κ1) is 13.8. The van der Waals surface area contributed by atoms with Crippen LogP contribution in [0, 0.1) is 0 Å². The largest absolute Gasteiger partial charge is 0.493 e. The molecular weight excluding hydrogens is 210 g/mol. The molecule has 2 nitrogen and oxygen atoms in total. The Balaban J connectivity index is 2.42. The maximum absolute atomic E-state index is 5.92. The fourth-order valence-electron chi connectivity index (χ4n) is 1.51. The van der Waals surface area contributed by atoms with Gasteiger partial charge in [-0.25, -0.2) is 0 Å². The van der Waals surface area contributed by atoms with Gasteiger partial charge in [-0.1, -0.05) is 24.6 Å². The summed E-state index contributed by atoms with van der Waals surface area (Å²) in [4.78, 5) is 0. The van der Waals surface area contributed by atoms with Gasteiger partial charge in [-0.05, 0) is 37.5 Å². The van der Waals surface area contributed by atoms with E-state index in [1.165, 1.54) is 5.56 Å². The van der Waals surface area contributed by atoms with Gasteiger partial charge in [0.25, 0.3) is 0 Å². The summed E-state index contributed by atoms with van der Waals surface area (Å²) in [7, 11) is 0. The molecule has 94 valence electrons. The lowest BCUT2D eigenvalue weighted by Gasteiger charge is -2.10. The van der Waals surface area contributed by atoms with Gasteiger partial charge in [0.05, 0.1) is 6.61 Å². The highest BCUT2D eigenvalue weighted by Gasteiger charge is 2.01. The van der Waals surface area contributed by atoms with E-state index < -0.39 is 0 Å². The molecule has 1 aromatic rings. The van der Waals surface area contributed by atoms with Gasteiger partial charge in [-0.15, -0.1) is 6.58 Å². The Hall–Kier alpha value is -1.28. The number of rotatable bonds is 7. The van der Waals surface area contributed by atoms with Gasteiger partial charge < -0.3 is 10.5 Å². The normalized spacial score (nSPS) is 12.2. The Labute approximate surface area is 104 Å². The summed E-state index contributed by atoms with van der Waals surface area (Å²) in [5, 5.41) is 0. The van der Waals surface area contributed by atoms with Crippen LogP contribution in [0.2, 0.25) is 0 Å². The number of ether oxygens (including phenoxy) is 1. The highest BCUT2D eigenvalue weighted by atomic mass is 16.5. The molecular formula is C15H23NO. The van der Waals surface area contributed by atoms with Crippen molar-refractivity contribution in [1.82, 2.24) is 0 Å². The SMILES string of the molecule is C=C(C)CCOc1ccc(CC(N)CC)cc1. The van der Waals surface area contributed by atoms with E-state index in [1.54, 1.807) is 0 Å². The van der Waals surface area contributed by atoms with Gasteiger partial charge in [0.15, 0.2) is 0 Å². The molecule has 0 aromatic heterocycles. The zero-order valence-corrected chi connectivity index (χ0v) is 10.9. The lowest BCUT2D eigenvalue weighted by atomic mass is 10.0. The van der Waals surface area contributed by atoms with Crippen LogP contribution in [0.1, 0.15) is 32.3 Å². The molecule has 0 amide bonds. The summed E-state index contributed by atoms with van der Waals surface area (Å²) < 4.78 is 5.61. The van der Waals surface area contributed by atoms with Gasteiger partial charge in [-0.3, -0.25) is 0 Å². The maximum Gasteiger partial charge on any atom is 0.119 e. The van der Waals surface area contributed by atoms with E-state index in [9.17, 15) is 0 Å². The smallest absolute Gasteiger partial charge is 0.119 e. The minimum atomic E-state index is 0.255. The van der Waals surface area contributed by atoms with Gasteiger partial charge in [-0.2, -0.15) is 0 Å². The van der Waals surface area contributed by atoms with Crippen LogP contribution in [-0.4, -0.2) is 12.6 Å². The molecule has 1 aromatic carbocycles. The monoisotopic (exact) mass is 233 g/mol. The van der Waals surface area contributed by atoms with E-state index in [1.807, 2.05) is 19.1 Å². The van der Waals surface area contributed by atoms with Crippen LogP contribution in [0.5, 0.6) is 5.75 Å². The Bertz CT molecular complexity index is 342. The molecule has 1 rings (SSSR count). The van der Waals surface area contributed by atoms with Crippen LogP contribution in [0.3, 0.4) is 0 Å². The summed E-state index contributed by atoms with van der Waals surface area (Å²) in [5.74, 6) is 0.917. The van der Waals surface area contributed by atoms with Crippen LogP contribution in [0.25, 0.3) is 0 Å². The molecule has 0 saturated carbocycles. The van der Waals surface area contributed by atoms with Gasteiger partial charge >= 0.3 is 0 Å². The van der Waals surface area contributed by atoms with Crippen molar-refractivity contribution in [2.24, 2.45) is 5.73 Å². The van der Waals surface area contributed by atoms with E-state index >= 15 is 0 Å². The Kier molecular flexibility index (Phi) is 5.78. The lowest BCUT2D eigenvalue weighted by Crippen LogP contribution is -2.21. The van der Waals surface area contributed by atoms with E-state index in [4.69, 9.17) is 10.5 Å². The zero-order valence-electron chi connectivity index (χ0n) is 10.9. The molecule has 0 radical (unpaired) electrons. The van der Waals surface area contributed by atoms with Gasteiger partial charge in [0.1, 0.15) is 5.75 Å². The van der Waals surface area contributed by atoms with Crippen molar-refractivity contribution in [3.8, 4) is 5.75 Å². The Morgan fingerprint density at radius 2 is 2.00 bits per heavy atom. The predicted molar refractivity (Wildman–Crippen MR) is 73.3 cm³/mol. The molecule has 2 heteroatoms. The number of hydrogen-bond acceptors (Lipinski definition) is 2. The van der Waals surface area contributed by atoms with E-state index in [-0.39, 0.29) is 6.04 Å². The van der Waals surface area contributed by atoms with Gasteiger partial charge in [0.2, 0.25) is 0 Å². The highest BCUT2D eigenvalue weighted by Crippen LogP contribution is 2.14. The van der Waals surface area contributed by atoms with E-state index in [0.29, 0.717) is 6.61 Å². The summed E-state index contributed by atoms with van der Waals surface area (Å²) in [6, 6.07) is 8.45. The quantitative estimate of drug-likeness (QED) is 0.733. The number of nitrogens with two attached hydrogens (primary N) is 1. The Morgan fingerprint density at radius 3 is 2.53 bits per heavy atom. The Morgan fingerprint density at radius 1 is 1.35 bits per heavy atom. The molecule has 0 saturated heterocycles. The van der Waals surface area contributed by atoms with E-state index in [2.05, 4.69) is 25.6 Å². The molecule has 1 atom stereocenters. The molecule has 0 aliphatic heterocycles. The minimum absolute atomic E-state index is 0.255. The van der Waals surface area contributed by atoms with Crippen LogP contribution in [0.15, 0.2) is 36.4 Å². The fraction of sp³-hybridized carbons (Fsp3) is 0.467. The first-order valence-corrected chi connectivity index (χ1v) is 6.23. The number of benzene rings is 1. The molecule has 0 aliphatic rings. The topological polar surface area (TPSA) is 35.2 Å². The van der Waals surface area contributed by atoms with Crippen LogP contribution >= 0.6 is 0 Å². The molecule has 2 N–H and O–H groups in total. The highest BCUT2D eigenvalue weighted by molar-refractivity contribution is 5.27. The minimum Gasteiger partial charge on any atom is -0.493 e. The third-order valence-corrected chi connectivity index (χ3v) is 2.74. The molecule has 0 bridgehead atoms. The maximum atomic E-state index is 5.92. The van der Waals surface area contributed by atoms with Crippen LogP contribution in [-0.2, 0) is 6.42 Å².